The van der Waals surface area contributed by atoms with Crippen LogP contribution in [0.3, 0.4) is 0 Å². The summed E-state index contributed by atoms with van der Waals surface area (Å²) in [5, 5.41) is 14.2. The molecule has 4 rings (SSSR count). The molecule has 1 aromatic carbocycles. The summed E-state index contributed by atoms with van der Waals surface area (Å²) in [7, 11) is 0. The zero-order valence-corrected chi connectivity index (χ0v) is 16.7. The van der Waals surface area contributed by atoms with Gasteiger partial charge in [0.05, 0.1) is 6.10 Å². The van der Waals surface area contributed by atoms with E-state index in [-0.39, 0.29) is 18.2 Å². The predicted octanol–water partition coefficient (Wildman–Crippen LogP) is 2.25. The van der Waals surface area contributed by atoms with Crippen LogP contribution >= 0.6 is 0 Å². The van der Waals surface area contributed by atoms with Crippen molar-refractivity contribution in [2.75, 3.05) is 19.6 Å². The molecule has 0 bridgehead atoms. The fraction of sp³-hybridized carbons (Fsp3) is 0.500. The van der Waals surface area contributed by atoms with E-state index in [9.17, 15) is 14.7 Å². The number of hydrogen-bond acceptors (Lipinski definition) is 5. The summed E-state index contributed by atoms with van der Waals surface area (Å²) in [6.07, 6.45) is 2.60. The minimum Gasteiger partial charge on any atom is -0.391 e. The topological polar surface area (TPSA) is 86.9 Å². The van der Waals surface area contributed by atoms with Gasteiger partial charge in [0.2, 0.25) is 11.8 Å². The SMILES string of the molecule is CC(=O)N1CCC[C@]1(Cc1cc(-c2ccccc2)no1)C(=O)N1CCC[C@H](O)C1. The second-order valence-electron chi connectivity index (χ2n) is 8.07. The summed E-state index contributed by atoms with van der Waals surface area (Å²) in [6.45, 7) is 2.98. The highest BCUT2D eigenvalue weighted by atomic mass is 16.5. The molecule has 0 spiro atoms. The van der Waals surface area contributed by atoms with Crippen molar-refractivity contribution in [1.29, 1.82) is 0 Å². The molecule has 0 saturated carbocycles. The van der Waals surface area contributed by atoms with Crippen molar-refractivity contribution < 1.29 is 19.2 Å². The molecule has 7 heteroatoms. The van der Waals surface area contributed by atoms with E-state index < -0.39 is 11.6 Å². The highest BCUT2D eigenvalue weighted by Gasteiger charge is 2.51. The molecule has 1 aromatic heterocycles. The maximum atomic E-state index is 13.6. The van der Waals surface area contributed by atoms with Crippen LogP contribution < -0.4 is 0 Å². The summed E-state index contributed by atoms with van der Waals surface area (Å²) < 4.78 is 5.58. The molecule has 0 unspecified atom stereocenters. The predicted molar refractivity (Wildman–Crippen MR) is 107 cm³/mol. The van der Waals surface area contributed by atoms with E-state index in [0.29, 0.717) is 43.9 Å². The van der Waals surface area contributed by atoms with Crippen molar-refractivity contribution in [2.24, 2.45) is 0 Å². The average Bonchev–Trinajstić information content (AvgIpc) is 3.36. The number of carbonyl (C=O) groups excluding carboxylic acids is 2. The highest BCUT2D eigenvalue weighted by molar-refractivity contribution is 5.92. The fourth-order valence-electron chi connectivity index (χ4n) is 4.68. The van der Waals surface area contributed by atoms with Crippen molar-refractivity contribution in [3.8, 4) is 11.3 Å². The maximum Gasteiger partial charge on any atom is 0.249 e. The minimum atomic E-state index is -0.976. The Kier molecular flexibility index (Phi) is 5.41. The number of aromatic nitrogens is 1. The van der Waals surface area contributed by atoms with E-state index in [1.165, 1.54) is 6.92 Å². The Labute approximate surface area is 170 Å². The first-order valence-electron chi connectivity index (χ1n) is 10.3. The van der Waals surface area contributed by atoms with Gasteiger partial charge in [-0.25, -0.2) is 0 Å². The number of aliphatic hydroxyl groups excluding tert-OH is 1. The highest BCUT2D eigenvalue weighted by Crippen LogP contribution is 2.36. The Balaban J connectivity index is 1.64. The monoisotopic (exact) mass is 397 g/mol. The Bertz CT molecular complexity index is 881. The normalized spacial score (nSPS) is 24.7. The van der Waals surface area contributed by atoms with Crippen molar-refractivity contribution >= 4 is 11.8 Å². The van der Waals surface area contributed by atoms with Gasteiger partial charge in [-0.05, 0) is 25.7 Å². The number of nitrogens with zero attached hydrogens (tertiary/aromatic N) is 3. The van der Waals surface area contributed by atoms with Crippen molar-refractivity contribution in [2.45, 2.75) is 50.7 Å². The first-order valence-corrected chi connectivity index (χ1v) is 10.3. The number of β-amino-alcohol motifs (C(OH)–C–C–N with tert-alkyl or cyclic N) is 1. The third kappa shape index (κ3) is 3.79. The first-order chi connectivity index (χ1) is 14.0. The number of amides is 2. The van der Waals surface area contributed by atoms with Crippen LogP contribution in [0.1, 0.15) is 38.4 Å². The lowest BCUT2D eigenvalue weighted by molar-refractivity contribution is -0.153. The van der Waals surface area contributed by atoms with E-state index in [1.807, 2.05) is 36.4 Å². The number of carbonyl (C=O) groups is 2. The van der Waals surface area contributed by atoms with Crippen LogP contribution in [0.15, 0.2) is 40.9 Å². The molecule has 2 aromatic rings. The number of aliphatic hydroxyl groups is 1. The molecule has 2 amide bonds. The lowest BCUT2D eigenvalue weighted by Gasteiger charge is -2.41. The second-order valence-corrected chi connectivity index (χ2v) is 8.07. The van der Waals surface area contributed by atoms with E-state index in [2.05, 4.69) is 5.16 Å². The van der Waals surface area contributed by atoms with Crippen LogP contribution in [-0.2, 0) is 16.0 Å². The Morgan fingerprint density at radius 1 is 1.24 bits per heavy atom. The third-order valence-electron chi connectivity index (χ3n) is 6.05. The van der Waals surface area contributed by atoms with Gasteiger partial charge >= 0.3 is 0 Å². The van der Waals surface area contributed by atoms with E-state index >= 15 is 0 Å². The summed E-state index contributed by atoms with van der Waals surface area (Å²) in [6, 6.07) is 11.6. The van der Waals surface area contributed by atoms with Gasteiger partial charge in [0.1, 0.15) is 17.0 Å². The molecule has 7 nitrogen and oxygen atoms in total. The fourth-order valence-corrected chi connectivity index (χ4v) is 4.68. The van der Waals surface area contributed by atoms with Crippen LogP contribution in [0, 0.1) is 0 Å². The number of hydrogen-bond donors (Lipinski definition) is 1. The molecule has 29 heavy (non-hydrogen) atoms. The van der Waals surface area contributed by atoms with Crippen molar-refractivity contribution in [3.05, 3.63) is 42.2 Å². The molecule has 0 aliphatic carbocycles. The third-order valence-corrected chi connectivity index (χ3v) is 6.05. The molecule has 3 heterocycles. The summed E-state index contributed by atoms with van der Waals surface area (Å²) >= 11 is 0. The lowest BCUT2D eigenvalue weighted by atomic mass is 9.87. The smallest absolute Gasteiger partial charge is 0.249 e. The molecule has 154 valence electrons. The van der Waals surface area contributed by atoms with Gasteiger partial charge in [-0.3, -0.25) is 9.59 Å². The van der Waals surface area contributed by atoms with Gasteiger partial charge < -0.3 is 19.4 Å². The molecule has 0 radical (unpaired) electrons. The Hall–Kier alpha value is -2.67. The molecule has 2 aliphatic rings. The Morgan fingerprint density at radius 2 is 2.03 bits per heavy atom. The van der Waals surface area contributed by atoms with Gasteiger partial charge in [0, 0.05) is 44.6 Å². The molecule has 1 N–H and O–H groups in total. The zero-order valence-electron chi connectivity index (χ0n) is 16.7. The van der Waals surface area contributed by atoms with E-state index in [1.54, 1.807) is 9.80 Å². The zero-order chi connectivity index (χ0) is 20.4. The second kappa shape index (κ2) is 7.99. The van der Waals surface area contributed by atoms with Gasteiger partial charge in [0.25, 0.3) is 0 Å². The molecule has 2 saturated heterocycles. The molecular formula is C22H27N3O4. The van der Waals surface area contributed by atoms with E-state index in [0.717, 1.165) is 18.4 Å². The van der Waals surface area contributed by atoms with Crippen LogP contribution in [0.25, 0.3) is 11.3 Å². The lowest BCUT2D eigenvalue weighted by Crippen LogP contribution is -2.61. The molecular weight excluding hydrogens is 370 g/mol. The average molecular weight is 397 g/mol. The number of rotatable bonds is 4. The number of benzene rings is 1. The van der Waals surface area contributed by atoms with Gasteiger partial charge in [0.15, 0.2) is 0 Å². The number of piperidine rings is 1. The standard InChI is InChI=1S/C22H27N3O4/c1-16(26)25-12-6-10-22(25,21(28)24-11-5-9-18(27)15-24)14-19-13-20(23-29-19)17-7-3-2-4-8-17/h2-4,7-8,13,18,27H,5-6,9-12,14-15H2,1H3/t18-,22-/m0/s1. The van der Waals surface area contributed by atoms with E-state index in [4.69, 9.17) is 4.52 Å². The van der Waals surface area contributed by atoms with Crippen LogP contribution in [0.5, 0.6) is 0 Å². The minimum absolute atomic E-state index is 0.0957. The molecule has 2 atom stereocenters. The Morgan fingerprint density at radius 3 is 2.76 bits per heavy atom. The van der Waals surface area contributed by atoms with Crippen LogP contribution in [0.4, 0.5) is 0 Å². The van der Waals surface area contributed by atoms with Gasteiger partial charge in [-0.2, -0.15) is 0 Å². The maximum absolute atomic E-state index is 13.6. The quantitative estimate of drug-likeness (QED) is 0.855. The van der Waals surface area contributed by atoms with Crippen LogP contribution in [-0.4, -0.2) is 63.2 Å². The largest absolute Gasteiger partial charge is 0.391 e. The summed E-state index contributed by atoms with van der Waals surface area (Å²) in [5.41, 5.74) is 0.678. The van der Waals surface area contributed by atoms with Gasteiger partial charge in [-0.1, -0.05) is 35.5 Å². The summed E-state index contributed by atoms with van der Waals surface area (Å²) in [4.78, 5) is 29.4. The molecule has 2 aliphatic heterocycles. The van der Waals surface area contributed by atoms with Gasteiger partial charge in [-0.15, -0.1) is 0 Å². The van der Waals surface area contributed by atoms with Crippen LogP contribution in [0.2, 0.25) is 0 Å². The summed E-state index contributed by atoms with van der Waals surface area (Å²) in [5.74, 6) is 0.376. The van der Waals surface area contributed by atoms with Crippen molar-refractivity contribution in [1.82, 2.24) is 15.0 Å². The molecule has 2 fully saturated rings. The first kappa shape index (κ1) is 19.6. The number of likely N-dealkylation sites (tertiary alicyclic amines) is 2. The van der Waals surface area contributed by atoms with Crippen molar-refractivity contribution in [3.63, 3.8) is 0 Å².